The highest BCUT2D eigenvalue weighted by Crippen LogP contribution is 2.63. The van der Waals surface area contributed by atoms with Crippen molar-refractivity contribution in [3.05, 3.63) is 32.6 Å². The summed E-state index contributed by atoms with van der Waals surface area (Å²) in [4.78, 5) is 61.2. The molecular formula is C16H26N2O16P3-3. The standard InChI is InChI=1S/C16H29N2O16P3/c1-8(2)30-13-11(31-15(12(13)20)18-5-10(6-19)14(21)17-16(18)22)7-29-35(23,24)33-37(27,28)34-36(25,26)32-9(3)4/h5,8-9,11-13,15,19-20H,6-7H2,1-4H3,(H,23,24)(H,25,26)(H,27,28)(H,17,21,22)/p-3/t11-,12+,13?,15-/m1/s1. The zero-order valence-corrected chi connectivity index (χ0v) is 22.5. The number of nitrogens with zero attached hydrogens (tertiary/aromatic N) is 1. The van der Waals surface area contributed by atoms with Crippen LogP contribution in [0.1, 0.15) is 39.5 Å². The molecule has 7 atom stereocenters. The van der Waals surface area contributed by atoms with E-state index in [9.17, 15) is 48.2 Å². The summed E-state index contributed by atoms with van der Waals surface area (Å²) >= 11 is 0. The summed E-state index contributed by atoms with van der Waals surface area (Å²) in [5.74, 6) is 0. The van der Waals surface area contributed by atoms with E-state index in [1.807, 2.05) is 4.98 Å². The number of hydrogen-bond donors (Lipinski definition) is 3. The van der Waals surface area contributed by atoms with Gasteiger partial charge < -0.3 is 43.4 Å². The second-order valence-corrected chi connectivity index (χ2v) is 12.6. The number of nitrogens with one attached hydrogen (secondary N) is 1. The van der Waals surface area contributed by atoms with Gasteiger partial charge in [-0.3, -0.25) is 28.0 Å². The van der Waals surface area contributed by atoms with Gasteiger partial charge in [-0.2, -0.15) is 0 Å². The molecule has 1 aromatic rings. The number of ether oxygens (including phenoxy) is 2. The Labute approximate surface area is 209 Å². The highest BCUT2D eigenvalue weighted by atomic mass is 31.3. The number of phosphoric ester groups is 2. The van der Waals surface area contributed by atoms with Crippen LogP contribution >= 0.6 is 23.5 Å². The third kappa shape index (κ3) is 9.27. The van der Waals surface area contributed by atoms with Crippen LogP contribution in [0.3, 0.4) is 0 Å². The van der Waals surface area contributed by atoms with Crippen LogP contribution in [0.15, 0.2) is 15.8 Å². The smallest absolute Gasteiger partial charge is 0.330 e. The quantitative estimate of drug-likeness (QED) is 0.207. The van der Waals surface area contributed by atoms with Gasteiger partial charge in [0.05, 0.1) is 31.0 Å². The van der Waals surface area contributed by atoms with E-state index >= 15 is 0 Å². The van der Waals surface area contributed by atoms with Crippen LogP contribution in [0.2, 0.25) is 0 Å². The lowest BCUT2D eigenvalue weighted by molar-refractivity contribution is -0.252. The number of rotatable bonds is 13. The van der Waals surface area contributed by atoms with Crippen molar-refractivity contribution in [1.82, 2.24) is 9.55 Å². The first kappa shape index (κ1) is 32.1. The summed E-state index contributed by atoms with van der Waals surface area (Å²) in [6.45, 7) is 3.79. The Balaban J connectivity index is 2.20. The lowest BCUT2D eigenvalue weighted by atomic mass is 10.1. The van der Waals surface area contributed by atoms with Gasteiger partial charge in [-0.1, -0.05) is 0 Å². The van der Waals surface area contributed by atoms with Gasteiger partial charge in [0.1, 0.15) is 18.3 Å². The molecule has 0 aliphatic carbocycles. The van der Waals surface area contributed by atoms with Gasteiger partial charge in [0.15, 0.2) is 6.23 Å². The maximum absolute atomic E-state index is 12.2. The predicted molar refractivity (Wildman–Crippen MR) is 114 cm³/mol. The highest BCUT2D eigenvalue weighted by Gasteiger charge is 2.47. The third-order valence-electron chi connectivity index (χ3n) is 4.36. The van der Waals surface area contributed by atoms with E-state index in [1.165, 1.54) is 13.8 Å². The van der Waals surface area contributed by atoms with Crippen LogP contribution in [0, 0.1) is 0 Å². The molecule has 1 aliphatic heterocycles. The number of aliphatic hydroxyl groups excluding tert-OH is 2. The summed E-state index contributed by atoms with van der Waals surface area (Å²) in [5.41, 5.74) is -2.18. The maximum Gasteiger partial charge on any atom is 0.330 e. The lowest BCUT2D eigenvalue weighted by Gasteiger charge is -2.35. The molecule has 0 bridgehead atoms. The van der Waals surface area contributed by atoms with E-state index in [-0.39, 0.29) is 5.56 Å². The van der Waals surface area contributed by atoms with Crippen LogP contribution in [-0.4, -0.2) is 56.9 Å². The molecule has 1 aromatic heterocycles. The molecule has 0 aromatic carbocycles. The van der Waals surface area contributed by atoms with E-state index in [0.29, 0.717) is 0 Å². The second kappa shape index (κ2) is 12.4. The molecule has 3 N–H and O–H groups in total. The number of phosphoric acid groups is 3. The van der Waals surface area contributed by atoms with Crippen molar-refractivity contribution in [3.63, 3.8) is 0 Å². The number of aromatic amines is 1. The average Bonchev–Trinajstić information content (AvgIpc) is 2.99. The fraction of sp³-hybridized carbons (Fsp3) is 0.750. The van der Waals surface area contributed by atoms with Crippen LogP contribution < -0.4 is 25.9 Å². The molecule has 37 heavy (non-hydrogen) atoms. The minimum atomic E-state index is -6.06. The van der Waals surface area contributed by atoms with Crippen molar-refractivity contribution in [2.75, 3.05) is 6.61 Å². The summed E-state index contributed by atoms with van der Waals surface area (Å²) in [5, 5.41) is 20.0. The number of aliphatic hydroxyl groups is 2. The van der Waals surface area contributed by atoms with Crippen LogP contribution in [0.5, 0.6) is 0 Å². The molecule has 18 nitrogen and oxygen atoms in total. The van der Waals surface area contributed by atoms with E-state index in [2.05, 4.69) is 17.7 Å². The molecule has 4 unspecified atom stereocenters. The number of H-pyrrole nitrogens is 1. The summed E-state index contributed by atoms with van der Waals surface area (Å²) in [6.07, 6.45) is -6.71. The SMILES string of the molecule is CC(C)OC1[C@@H](COP(=O)([O-])OP(=O)([O-])OP(=O)([O-])OC(C)C)O[C@@H](n2cc(CO)c(=O)[nH]c2=O)[C@H]1O. The molecule has 2 rings (SSSR count). The minimum Gasteiger partial charge on any atom is -0.756 e. The molecule has 0 radical (unpaired) electrons. The second-order valence-electron chi connectivity index (χ2n) is 8.14. The van der Waals surface area contributed by atoms with Gasteiger partial charge in [-0.15, -0.1) is 0 Å². The topological polar surface area (TPSA) is 271 Å². The Morgan fingerprint density at radius 2 is 1.65 bits per heavy atom. The van der Waals surface area contributed by atoms with Gasteiger partial charge in [-0.05, 0) is 27.7 Å². The first-order chi connectivity index (χ1) is 16.9. The van der Waals surface area contributed by atoms with Crippen LogP contribution in [0.4, 0.5) is 0 Å². The predicted octanol–water partition coefficient (Wildman–Crippen LogP) is -2.04. The molecule has 0 spiro atoms. The van der Waals surface area contributed by atoms with Gasteiger partial charge in [0.2, 0.25) is 0 Å². The molecule has 1 aliphatic rings. The van der Waals surface area contributed by atoms with Crippen molar-refractivity contribution in [2.24, 2.45) is 0 Å². The fourth-order valence-electron chi connectivity index (χ4n) is 3.12. The first-order valence-electron chi connectivity index (χ1n) is 10.5. The summed E-state index contributed by atoms with van der Waals surface area (Å²) in [6, 6.07) is 0. The van der Waals surface area contributed by atoms with Crippen molar-refractivity contribution in [1.29, 1.82) is 0 Å². The molecule has 1 fully saturated rings. The van der Waals surface area contributed by atoms with Crippen molar-refractivity contribution >= 4 is 23.5 Å². The Morgan fingerprint density at radius 1 is 1.05 bits per heavy atom. The monoisotopic (exact) mass is 595 g/mol. The Morgan fingerprint density at radius 3 is 2.19 bits per heavy atom. The van der Waals surface area contributed by atoms with Crippen molar-refractivity contribution in [3.8, 4) is 0 Å². The van der Waals surface area contributed by atoms with E-state index in [1.54, 1.807) is 13.8 Å². The molecule has 214 valence electrons. The molecule has 2 heterocycles. The van der Waals surface area contributed by atoms with Gasteiger partial charge in [0.25, 0.3) is 29.0 Å². The number of aromatic nitrogens is 2. The van der Waals surface area contributed by atoms with E-state index < -0.39 is 84.7 Å². The lowest BCUT2D eigenvalue weighted by Crippen LogP contribution is -2.40. The molecule has 21 heteroatoms. The van der Waals surface area contributed by atoms with Gasteiger partial charge in [-0.25, -0.2) is 13.4 Å². The first-order valence-corrected chi connectivity index (χ1v) is 14.9. The molecular weight excluding hydrogens is 569 g/mol. The average molecular weight is 595 g/mol. The van der Waals surface area contributed by atoms with Gasteiger partial charge >= 0.3 is 5.69 Å². The Hall–Kier alpha value is -1.07. The zero-order valence-electron chi connectivity index (χ0n) is 19.9. The summed E-state index contributed by atoms with van der Waals surface area (Å²) in [7, 11) is -17.4. The van der Waals surface area contributed by atoms with Crippen molar-refractivity contribution in [2.45, 2.75) is 71.0 Å². The fourth-order valence-corrected chi connectivity index (χ4v) is 6.66. The normalized spacial score (nSPS) is 27.2. The van der Waals surface area contributed by atoms with Crippen molar-refractivity contribution < 1.29 is 65.7 Å². The molecule has 0 amide bonds. The minimum absolute atomic E-state index is 0.253. The van der Waals surface area contributed by atoms with Crippen LogP contribution in [-0.2, 0) is 47.4 Å². The third-order valence-corrected chi connectivity index (χ3v) is 8.71. The van der Waals surface area contributed by atoms with E-state index in [4.69, 9.17) is 9.47 Å². The zero-order chi connectivity index (χ0) is 28.3. The maximum atomic E-state index is 12.2. The summed E-state index contributed by atoms with van der Waals surface area (Å²) < 4.78 is 63.2. The van der Waals surface area contributed by atoms with Gasteiger partial charge in [0, 0.05) is 6.20 Å². The molecule has 0 saturated carbocycles. The highest BCUT2D eigenvalue weighted by molar-refractivity contribution is 7.65. The van der Waals surface area contributed by atoms with E-state index in [0.717, 1.165) is 10.8 Å². The number of hydrogen-bond acceptors (Lipinski definition) is 16. The Bertz CT molecular complexity index is 1200. The van der Waals surface area contributed by atoms with Crippen LogP contribution in [0.25, 0.3) is 0 Å². The molecule has 1 saturated heterocycles. The largest absolute Gasteiger partial charge is 0.756 e. The Kier molecular flexibility index (Phi) is 10.8.